The van der Waals surface area contributed by atoms with Gasteiger partial charge in [0.15, 0.2) is 0 Å². The zero-order chi connectivity index (χ0) is 16.0. The van der Waals surface area contributed by atoms with E-state index in [0.29, 0.717) is 26.0 Å². The molecule has 0 unspecified atom stereocenters. The summed E-state index contributed by atoms with van der Waals surface area (Å²) in [6.45, 7) is 8.41. The zero-order valence-electron chi connectivity index (χ0n) is 13.6. The highest BCUT2D eigenvalue weighted by atomic mass is 16.5. The number of amides is 1. The minimum atomic E-state index is -0.360. The fourth-order valence-electron chi connectivity index (χ4n) is 2.31. The highest BCUT2D eigenvalue weighted by Crippen LogP contribution is 2.14. The quantitative estimate of drug-likeness (QED) is 0.713. The van der Waals surface area contributed by atoms with Crippen molar-refractivity contribution >= 4 is 11.9 Å². The lowest BCUT2D eigenvalue weighted by molar-refractivity contribution is -0.148. The van der Waals surface area contributed by atoms with Crippen LogP contribution in [-0.4, -0.2) is 46.3 Å². The van der Waals surface area contributed by atoms with Crippen molar-refractivity contribution in [2.75, 3.05) is 19.7 Å². The van der Waals surface area contributed by atoms with Gasteiger partial charge < -0.3 is 9.64 Å². The van der Waals surface area contributed by atoms with Crippen LogP contribution >= 0.6 is 0 Å². The topological polar surface area (TPSA) is 64.4 Å². The summed E-state index contributed by atoms with van der Waals surface area (Å²) < 4.78 is 6.71. The summed E-state index contributed by atoms with van der Waals surface area (Å²) in [5.74, 6) is -0.394. The molecule has 1 heterocycles. The fourth-order valence-corrected chi connectivity index (χ4v) is 2.31. The molecule has 0 aliphatic rings. The predicted octanol–water partition coefficient (Wildman–Crippen LogP) is 1.38. The van der Waals surface area contributed by atoms with Gasteiger partial charge in [-0.1, -0.05) is 0 Å². The predicted molar refractivity (Wildman–Crippen MR) is 79.9 cm³/mol. The van der Waals surface area contributed by atoms with Crippen LogP contribution in [0.15, 0.2) is 0 Å². The van der Waals surface area contributed by atoms with Crippen LogP contribution in [0.5, 0.6) is 0 Å². The molecule has 0 aromatic carbocycles. The van der Waals surface area contributed by atoms with Crippen LogP contribution in [0, 0.1) is 13.8 Å². The molecule has 0 atom stereocenters. The third-order valence-electron chi connectivity index (χ3n) is 3.61. The molecule has 21 heavy (non-hydrogen) atoms. The Morgan fingerprint density at radius 2 is 1.95 bits per heavy atom. The van der Waals surface area contributed by atoms with Crippen LogP contribution < -0.4 is 0 Å². The average molecular weight is 295 g/mol. The summed E-state index contributed by atoms with van der Waals surface area (Å²) in [5.41, 5.74) is 3.14. The lowest BCUT2D eigenvalue weighted by Crippen LogP contribution is -2.36. The van der Waals surface area contributed by atoms with Gasteiger partial charge in [0.2, 0.25) is 5.91 Å². The van der Waals surface area contributed by atoms with Crippen LogP contribution in [0.4, 0.5) is 0 Å². The Bertz CT molecular complexity index is 509. The van der Waals surface area contributed by atoms with E-state index in [-0.39, 0.29) is 18.4 Å². The van der Waals surface area contributed by atoms with Crippen molar-refractivity contribution in [2.45, 2.75) is 40.5 Å². The van der Waals surface area contributed by atoms with E-state index < -0.39 is 0 Å². The van der Waals surface area contributed by atoms with Crippen molar-refractivity contribution in [3.63, 3.8) is 0 Å². The van der Waals surface area contributed by atoms with Gasteiger partial charge in [-0.15, -0.1) is 0 Å². The number of carbonyl (C=O) groups excluding carboxylic acids is 2. The molecule has 0 saturated heterocycles. The second kappa shape index (κ2) is 7.81. The molecule has 0 aliphatic heterocycles. The molecule has 0 bridgehead atoms. The van der Waals surface area contributed by atoms with Crippen molar-refractivity contribution in [1.82, 2.24) is 14.7 Å². The number of ether oxygens (including phenoxy) is 1. The first-order valence-corrected chi connectivity index (χ1v) is 7.33. The summed E-state index contributed by atoms with van der Waals surface area (Å²) in [6, 6.07) is 0. The molecular formula is C15H25N3O3. The molecular weight excluding hydrogens is 270 g/mol. The Hall–Kier alpha value is -1.85. The minimum Gasteiger partial charge on any atom is -0.465 e. The van der Waals surface area contributed by atoms with Crippen LogP contribution in [0.2, 0.25) is 0 Å². The Labute approximate surface area is 126 Å². The van der Waals surface area contributed by atoms with Crippen molar-refractivity contribution in [2.24, 2.45) is 7.05 Å². The first kappa shape index (κ1) is 17.2. The number of nitrogens with zero attached hydrogens (tertiary/aromatic N) is 3. The van der Waals surface area contributed by atoms with Crippen molar-refractivity contribution in [3.05, 3.63) is 17.0 Å². The third-order valence-corrected chi connectivity index (χ3v) is 3.61. The van der Waals surface area contributed by atoms with Crippen molar-refractivity contribution in [1.29, 1.82) is 0 Å². The van der Waals surface area contributed by atoms with E-state index in [1.54, 1.807) is 6.92 Å². The highest BCUT2D eigenvalue weighted by Gasteiger charge is 2.18. The van der Waals surface area contributed by atoms with E-state index in [1.165, 1.54) is 4.90 Å². The maximum atomic E-state index is 12.2. The van der Waals surface area contributed by atoms with E-state index in [4.69, 9.17) is 4.74 Å². The van der Waals surface area contributed by atoms with E-state index in [2.05, 4.69) is 5.10 Å². The number of esters is 1. The maximum absolute atomic E-state index is 12.2. The number of rotatable bonds is 7. The largest absolute Gasteiger partial charge is 0.465 e. The van der Waals surface area contributed by atoms with E-state index >= 15 is 0 Å². The molecule has 6 heteroatoms. The molecule has 0 radical (unpaired) electrons. The van der Waals surface area contributed by atoms with Gasteiger partial charge in [0.25, 0.3) is 0 Å². The summed E-state index contributed by atoms with van der Waals surface area (Å²) in [6.07, 6.45) is 1.02. The van der Waals surface area contributed by atoms with Gasteiger partial charge in [-0.25, -0.2) is 0 Å². The maximum Gasteiger partial charge on any atom is 0.325 e. The second-order valence-corrected chi connectivity index (χ2v) is 4.99. The van der Waals surface area contributed by atoms with Gasteiger partial charge in [-0.05, 0) is 39.7 Å². The average Bonchev–Trinajstić information content (AvgIpc) is 2.67. The zero-order valence-corrected chi connectivity index (χ0v) is 13.6. The molecule has 0 saturated carbocycles. The summed E-state index contributed by atoms with van der Waals surface area (Å²) >= 11 is 0. The lowest BCUT2D eigenvalue weighted by atomic mass is 10.1. The first-order valence-electron chi connectivity index (χ1n) is 7.33. The standard InChI is InChI=1S/C15H25N3O3/c1-6-18(10-15(20)21-7-2)14(19)9-8-13-11(3)16-17(5)12(13)4/h6-10H2,1-5H3. The monoisotopic (exact) mass is 295 g/mol. The molecule has 118 valence electrons. The summed E-state index contributed by atoms with van der Waals surface area (Å²) in [4.78, 5) is 25.2. The SMILES string of the molecule is CCOC(=O)CN(CC)C(=O)CCc1c(C)nn(C)c1C. The molecule has 0 spiro atoms. The Balaban J connectivity index is 2.60. The summed E-state index contributed by atoms with van der Waals surface area (Å²) in [5, 5.41) is 4.34. The van der Waals surface area contributed by atoms with Gasteiger partial charge in [-0.3, -0.25) is 14.3 Å². The number of aryl methyl sites for hydroxylation is 2. The molecule has 0 N–H and O–H groups in total. The van der Waals surface area contributed by atoms with E-state index in [1.807, 2.05) is 32.5 Å². The molecule has 1 aromatic rings. The van der Waals surface area contributed by atoms with Crippen LogP contribution in [0.3, 0.4) is 0 Å². The van der Waals surface area contributed by atoms with E-state index in [9.17, 15) is 9.59 Å². The Morgan fingerprint density at radius 3 is 2.43 bits per heavy atom. The third kappa shape index (κ3) is 4.58. The molecule has 0 aliphatic carbocycles. The molecule has 1 amide bonds. The van der Waals surface area contributed by atoms with Gasteiger partial charge in [-0.2, -0.15) is 5.10 Å². The number of hydrogen-bond donors (Lipinski definition) is 0. The van der Waals surface area contributed by atoms with Crippen LogP contribution in [0.1, 0.15) is 37.2 Å². The lowest BCUT2D eigenvalue weighted by Gasteiger charge is -2.19. The summed E-state index contributed by atoms with van der Waals surface area (Å²) in [7, 11) is 1.90. The number of likely N-dealkylation sites (N-methyl/N-ethyl adjacent to an activating group) is 1. The van der Waals surface area contributed by atoms with Crippen LogP contribution in [0.25, 0.3) is 0 Å². The van der Waals surface area contributed by atoms with E-state index in [0.717, 1.165) is 17.0 Å². The van der Waals surface area contributed by atoms with Gasteiger partial charge >= 0.3 is 5.97 Å². The number of carbonyl (C=O) groups is 2. The normalized spacial score (nSPS) is 10.5. The van der Waals surface area contributed by atoms with Crippen molar-refractivity contribution < 1.29 is 14.3 Å². The number of aromatic nitrogens is 2. The fraction of sp³-hybridized carbons (Fsp3) is 0.667. The number of hydrogen-bond acceptors (Lipinski definition) is 4. The first-order chi connectivity index (χ1) is 9.90. The minimum absolute atomic E-state index is 0.0220. The highest BCUT2D eigenvalue weighted by molar-refractivity contribution is 5.82. The van der Waals surface area contributed by atoms with Crippen molar-refractivity contribution in [3.8, 4) is 0 Å². The Kier molecular flexibility index (Phi) is 6.39. The molecule has 6 nitrogen and oxygen atoms in total. The smallest absolute Gasteiger partial charge is 0.325 e. The molecule has 1 aromatic heterocycles. The van der Waals surface area contributed by atoms with Gasteiger partial charge in [0.05, 0.1) is 12.3 Å². The second-order valence-electron chi connectivity index (χ2n) is 4.99. The molecule has 0 fully saturated rings. The van der Waals surface area contributed by atoms with Crippen LogP contribution in [-0.2, 0) is 27.8 Å². The van der Waals surface area contributed by atoms with Gasteiger partial charge in [0, 0.05) is 25.7 Å². The molecule has 1 rings (SSSR count). The van der Waals surface area contributed by atoms with Gasteiger partial charge in [0.1, 0.15) is 6.54 Å². The Morgan fingerprint density at radius 1 is 1.29 bits per heavy atom.